The number of piperidine rings is 2. The zero-order valence-electron chi connectivity index (χ0n) is 21.8. The van der Waals surface area contributed by atoms with Crippen molar-refractivity contribution in [1.29, 1.82) is 0 Å². The average Bonchev–Trinajstić information content (AvgIpc) is 3.69. The van der Waals surface area contributed by atoms with Gasteiger partial charge in [-0.2, -0.15) is 0 Å². The maximum Gasteiger partial charge on any atom is 0.321 e. The number of nitrogens with zero attached hydrogens (tertiary/aromatic N) is 2. The lowest BCUT2D eigenvalue weighted by atomic mass is 9.57. The van der Waals surface area contributed by atoms with E-state index in [4.69, 9.17) is 4.74 Å². The highest BCUT2D eigenvalue weighted by molar-refractivity contribution is 5.89. The van der Waals surface area contributed by atoms with Crippen molar-refractivity contribution >= 4 is 17.6 Å². The molecule has 37 heavy (non-hydrogen) atoms. The lowest BCUT2D eigenvalue weighted by Gasteiger charge is -2.58. The number of urea groups is 1. The van der Waals surface area contributed by atoms with Crippen molar-refractivity contribution in [2.75, 3.05) is 38.7 Å². The van der Waals surface area contributed by atoms with Crippen molar-refractivity contribution in [2.24, 2.45) is 35.0 Å². The summed E-state index contributed by atoms with van der Waals surface area (Å²) in [5.41, 5.74) is 0.153. The summed E-state index contributed by atoms with van der Waals surface area (Å²) >= 11 is 0. The first kappa shape index (κ1) is 25.1. The minimum absolute atomic E-state index is 0.0278. The summed E-state index contributed by atoms with van der Waals surface area (Å²) in [6.45, 7) is 1.90. The third-order valence-corrected chi connectivity index (χ3v) is 10.5. The number of halogens is 1. The molecule has 0 bridgehead atoms. The van der Waals surface area contributed by atoms with Crippen molar-refractivity contribution in [2.45, 2.75) is 63.5 Å². The summed E-state index contributed by atoms with van der Waals surface area (Å²) in [7, 11) is 1.81. The molecule has 1 aromatic carbocycles. The van der Waals surface area contributed by atoms with Crippen LogP contribution < -0.4 is 5.32 Å². The number of hydrogen-bond donors (Lipinski definition) is 2. The average molecular weight is 514 g/mol. The molecule has 202 valence electrons. The second-order valence-electron chi connectivity index (χ2n) is 12.3. The molecule has 3 amide bonds. The van der Waals surface area contributed by atoms with Gasteiger partial charge in [0, 0.05) is 32.7 Å². The molecule has 2 heterocycles. The van der Waals surface area contributed by atoms with E-state index >= 15 is 0 Å². The zero-order valence-corrected chi connectivity index (χ0v) is 21.8. The van der Waals surface area contributed by atoms with Gasteiger partial charge in [-0.05, 0) is 92.6 Å². The number of methoxy groups -OCH3 is 1. The lowest BCUT2D eigenvalue weighted by Crippen LogP contribution is -2.64. The first-order valence-corrected chi connectivity index (χ1v) is 14.2. The highest BCUT2D eigenvalue weighted by Gasteiger charge is 2.62. The van der Waals surface area contributed by atoms with Crippen LogP contribution in [0.5, 0.6) is 0 Å². The number of benzene rings is 1. The van der Waals surface area contributed by atoms with Crippen LogP contribution in [0.3, 0.4) is 0 Å². The maximum atomic E-state index is 14.1. The van der Waals surface area contributed by atoms with E-state index in [1.54, 1.807) is 23.1 Å². The van der Waals surface area contributed by atoms with Crippen LogP contribution in [-0.2, 0) is 9.53 Å². The highest BCUT2D eigenvalue weighted by Crippen LogP contribution is 2.62. The van der Waals surface area contributed by atoms with Gasteiger partial charge >= 0.3 is 6.03 Å². The van der Waals surface area contributed by atoms with Crippen LogP contribution in [0.2, 0.25) is 0 Å². The largest absolute Gasteiger partial charge is 0.394 e. The highest BCUT2D eigenvalue weighted by atomic mass is 19.1. The second kappa shape index (κ2) is 9.84. The van der Waals surface area contributed by atoms with Crippen molar-refractivity contribution in [3.8, 4) is 0 Å². The van der Waals surface area contributed by atoms with Crippen LogP contribution in [0.15, 0.2) is 24.3 Å². The minimum Gasteiger partial charge on any atom is -0.394 e. The molecule has 1 spiro atoms. The molecule has 0 radical (unpaired) electrons. The molecule has 2 N–H and O–H groups in total. The van der Waals surface area contributed by atoms with Crippen LogP contribution in [-0.4, -0.2) is 72.3 Å². The van der Waals surface area contributed by atoms with E-state index in [0.717, 1.165) is 51.4 Å². The van der Waals surface area contributed by atoms with Crippen molar-refractivity contribution in [1.82, 2.24) is 9.80 Å². The predicted molar refractivity (Wildman–Crippen MR) is 137 cm³/mol. The Labute approximate surface area is 218 Å². The SMILES string of the molecule is COC1CCC2C(C1)CC1C2C2(CCN(C(=O)Nc3ccccc3F)CC2)CN(C(=O)C2CC2)[C@H]1CO. The number of anilines is 1. The van der Waals surface area contributed by atoms with Gasteiger partial charge in [-0.1, -0.05) is 12.1 Å². The molecule has 1 aromatic rings. The molecule has 7 nitrogen and oxygen atoms in total. The zero-order chi connectivity index (χ0) is 25.7. The predicted octanol–water partition coefficient (Wildman–Crippen LogP) is 4.12. The van der Waals surface area contributed by atoms with E-state index < -0.39 is 5.82 Å². The molecular formula is C29H40FN3O4. The van der Waals surface area contributed by atoms with Gasteiger partial charge in [0.25, 0.3) is 0 Å². The van der Waals surface area contributed by atoms with Crippen molar-refractivity contribution < 1.29 is 23.8 Å². The van der Waals surface area contributed by atoms with Crippen LogP contribution in [0.25, 0.3) is 0 Å². The number of amides is 3. The summed E-state index contributed by atoms with van der Waals surface area (Å²) < 4.78 is 19.9. The van der Waals surface area contributed by atoms with E-state index in [1.807, 2.05) is 7.11 Å². The molecule has 2 aliphatic heterocycles. The number of nitrogens with one attached hydrogen (secondary N) is 1. The number of rotatable bonds is 4. The van der Waals surface area contributed by atoms with E-state index in [0.29, 0.717) is 49.4 Å². The van der Waals surface area contributed by atoms with Gasteiger partial charge < -0.3 is 25.0 Å². The van der Waals surface area contributed by atoms with E-state index in [2.05, 4.69) is 10.2 Å². The first-order valence-electron chi connectivity index (χ1n) is 14.2. The Morgan fingerprint density at radius 2 is 1.86 bits per heavy atom. The van der Waals surface area contributed by atoms with Crippen LogP contribution in [0, 0.1) is 40.8 Å². The van der Waals surface area contributed by atoms with Gasteiger partial charge in [-0.25, -0.2) is 9.18 Å². The molecule has 5 fully saturated rings. The van der Waals surface area contributed by atoms with Gasteiger partial charge in [0.2, 0.25) is 5.91 Å². The summed E-state index contributed by atoms with van der Waals surface area (Å²) in [6, 6.07) is 5.88. The van der Waals surface area contributed by atoms with E-state index in [1.165, 1.54) is 6.07 Å². The van der Waals surface area contributed by atoms with Crippen molar-refractivity contribution in [3.05, 3.63) is 30.1 Å². The summed E-state index contributed by atoms with van der Waals surface area (Å²) in [5.74, 6) is 1.81. The lowest BCUT2D eigenvalue weighted by molar-refractivity contribution is -0.154. The monoisotopic (exact) mass is 513 g/mol. The van der Waals surface area contributed by atoms with E-state index in [9.17, 15) is 19.1 Å². The topological polar surface area (TPSA) is 82.1 Å². The molecular weight excluding hydrogens is 473 g/mol. The summed E-state index contributed by atoms with van der Waals surface area (Å²) in [5, 5.41) is 13.3. The molecule has 5 aliphatic rings. The molecule has 3 saturated carbocycles. The molecule has 5 unspecified atom stereocenters. The van der Waals surface area contributed by atoms with Gasteiger partial charge in [0.15, 0.2) is 0 Å². The molecule has 3 aliphatic carbocycles. The quantitative estimate of drug-likeness (QED) is 0.635. The number of ether oxygens (including phenoxy) is 1. The molecule has 8 heteroatoms. The third-order valence-electron chi connectivity index (χ3n) is 10.5. The van der Waals surface area contributed by atoms with Crippen LogP contribution in [0.1, 0.15) is 51.4 Å². The standard InChI is InChI=1S/C29H40FN3O4/c1-37-20-8-9-21-19(14-20)15-22-25(16-34)33(27(35)18-6-7-18)17-29(26(21)22)10-12-32(13-11-29)28(36)31-24-5-3-2-4-23(24)30/h2-5,18-22,25-26,34H,6-17H2,1H3,(H,31,36)/t19?,20?,21?,22?,25-,26?/m0/s1. The van der Waals surface area contributed by atoms with Gasteiger partial charge in [0.1, 0.15) is 5.82 Å². The molecule has 6 rings (SSSR count). The number of carbonyl (C=O) groups is 2. The first-order chi connectivity index (χ1) is 17.9. The smallest absolute Gasteiger partial charge is 0.321 e. The van der Waals surface area contributed by atoms with Crippen LogP contribution >= 0.6 is 0 Å². The fourth-order valence-electron chi connectivity index (χ4n) is 8.56. The number of para-hydroxylation sites is 1. The number of hydrogen-bond acceptors (Lipinski definition) is 4. The Bertz CT molecular complexity index is 1020. The van der Waals surface area contributed by atoms with Crippen molar-refractivity contribution in [3.63, 3.8) is 0 Å². The molecule has 0 aromatic heterocycles. The Hall–Kier alpha value is -2.19. The summed E-state index contributed by atoms with van der Waals surface area (Å²) in [6.07, 6.45) is 8.22. The molecule has 6 atom stereocenters. The second-order valence-corrected chi connectivity index (χ2v) is 12.3. The Morgan fingerprint density at radius 3 is 2.54 bits per heavy atom. The van der Waals surface area contributed by atoms with E-state index in [-0.39, 0.29) is 41.6 Å². The normalized spacial score (nSPS) is 34.7. The fraction of sp³-hybridized carbons (Fsp3) is 0.724. The number of aliphatic hydroxyl groups excluding tert-OH is 1. The number of fused-ring (bicyclic) bond motifs is 4. The van der Waals surface area contributed by atoms with Gasteiger partial charge in [0.05, 0.1) is 24.4 Å². The molecule has 2 saturated heterocycles. The number of aliphatic hydroxyl groups is 1. The Morgan fingerprint density at radius 1 is 1.11 bits per heavy atom. The van der Waals surface area contributed by atoms with Gasteiger partial charge in [-0.15, -0.1) is 0 Å². The van der Waals surface area contributed by atoms with Gasteiger partial charge in [-0.3, -0.25) is 4.79 Å². The Balaban J connectivity index is 1.24. The third kappa shape index (κ3) is 4.44. The summed E-state index contributed by atoms with van der Waals surface area (Å²) in [4.78, 5) is 30.3. The number of likely N-dealkylation sites (tertiary alicyclic amines) is 2. The van der Waals surface area contributed by atoms with Crippen LogP contribution in [0.4, 0.5) is 14.9 Å². The fourth-order valence-corrected chi connectivity index (χ4v) is 8.56. The number of carbonyl (C=O) groups excluding carboxylic acids is 2. The minimum atomic E-state index is -0.438. The Kier molecular flexibility index (Phi) is 6.68. The maximum absolute atomic E-state index is 14.1.